The van der Waals surface area contributed by atoms with Crippen LogP contribution in [-0.2, 0) is 11.2 Å². The summed E-state index contributed by atoms with van der Waals surface area (Å²) >= 11 is 0. The molecule has 0 aliphatic carbocycles. The van der Waals surface area contributed by atoms with Crippen LogP contribution < -0.4 is 15.5 Å². The maximum Gasteiger partial charge on any atom is 0.195 e. The highest BCUT2D eigenvalue weighted by Crippen LogP contribution is 2.18. The maximum absolute atomic E-state index is 12.6. The van der Waals surface area contributed by atoms with Crippen LogP contribution in [0, 0.1) is 0 Å². The lowest BCUT2D eigenvalue weighted by atomic mass is 10.0. The van der Waals surface area contributed by atoms with E-state index in [1.54, 1.807) is 0 Å². The number of anilines is 2. The van der Waals surface area contributed by atoms with Crippen molar-refractivity contribution in [1.29, 1.82) is 0 Å². The molecule has 0 atom stereocenters. The third kappa shape index (κ3) is 5.35. The van der Waals surface area contributed by atoms with Crippen LogP contribution in [0.2, 0.25) is 0 Å². The highest BCUT2D eigenvalue weighted by atomic mass is 16.5. The van der Waals surface area contributed by atoms with Gasteiger partial charge < -0.3 is 20.3 Å². The molecule has 6 nitrogen and oxygen atoms in total. The summed E-state index contributed by atoms with van der Waals surface area (Å²) in [7, 11) is 0. The van der Waals surface area contributed by atoms with E-state index in [9.17, 15) is 4.79 Å². The molecule has 152 valence electrons. The molecule has 0 spiro atoms. The third-order valence-corrected chi connectivity index (χ3v) is 5.32. The van der Waals surface area contributed by atoms with E-state index in [2.05, 4.69) is 32.7 Å². The number of rotatable bonds is 6. The van der Waals surface area contributed by atoms with Gasteiger partial charge in [-0.3, -0.25) is 9.79 Å². The zero-order chi connectivity index (χ0) is 19.9. The van der Waals surface area contributed by atoms with Crippen LogP contribution in [0.1, 0.15) is 28.8 Å². The van der Waals surface area contributed by atoms with Crippen molar-refractivity contribution in [3.63, 3.8) is 0 Å². The topological polar surface area (TPSA) is 66.0 Å². The van der Waals surface area contributed by atoms with Gasteiger partial charge in [0.25, 0.3) is 0 Å². The molecule has 2 N–H and O–H groups in total. The van der Waals surface area contributed by atoms with Gasteiger partial charge in [-0.25, -0.2) is 0 Å². The van der Waals surface area contributed by atoms with Crippen molar-refractivity contribution in [2.75, 3.05) is 49.6 Å². The summed E-state index contributed by atoms with van der Waals surface area (Å²) in [5.74, 6) is 1.01. The number of hydrogen-bond donors (Lipinski definition) is 2. The van der Waals surface area contributed by atoms with Crippen molar-refractivity contribution in [3.05, 3.63) is 59.7 Å². The number of ether oxygens (including phenoxy) is 1. The molecule has 2 aliphatic rings. The number of guanidine groups is 1. The van der Waals surface area contributed by atoms with Crippen molar-refractivity contribution in [3.8, 4) is 0 Å². The molecular weight excluding hydrogens is 364 g/mol. The molecule has 0 amide bonds. The zero-order valence-corrected chi connectivity index (χ0v) is 16.7. The monoisotopic (exact) mass is 392 g/mol. The molecule has 0 radical (unpaired) electrons. The van der Waals surface area contributed by atoms with E-state index < -0.39 is 0 Å². The first-order chi connectivity index (χ1) is 14.3. The quantitative estimate of drug-likeness (QED) is 0.740. The van der Waals surface area contributed by atoms with E-state index in [4.69, 9.17) is 4.74 Å². The highest BCUT2D eigenvalue weighted by molar-refractivity contribution is 5.96. The summed E-state index contributed by atoms with van der Waals surface area (Å²) in [6.45, 7) is 5.16. The average Bonchev–Trinajstić information content (AvgIpc) is 2.80. The molecule has 0 aromatic heterocycles. The van der Waals surface area contributed by atoms with Crippen molar-refractivity contribution in [1.82, 2.24) is 5.32 Å². The van der Waals surface area contributed by atoms with Crippen molar-refractivity contribution >= 4 is 23.1 Å². The molecule has 0 unspecified atom stereocenters. The Bertz CT molecular complexity index is 840. The standard InChI is InChI=1S/C23H28N4O2/c28-22(19-5-9-21(10-6-19)27-14-16-29-17-15-27)11-4-18-2-7-20(8-3-18)26-23-24-12-1-13-25-23/h2-3,5-10H,1,4,11-17H2,(H2,24,25,26). The SMILES string of the molecule is O=C(CCc1ccc(NC2=NCCCN2)cc1)c1ccc(N2CCOCC2)cc1. The summed E-state index contributed by atoms with van der Waals surface area (Å²) in [5.41, 5.74) is 4.10. The molecule has 29 heavy (non-hydrogen) atoms. The Hall–Kier alpha value is -2.86. The van der Waals surface area contributed by atoms with Gasteiger partial charge in [0, 0.05) is 49.5 Å². The number of aryl methyl sites for hydroxylation is 1. The fourth-order valence-corrected chi connectivity index (χ4v) is 3.59. The minimum Gasteiger partial charge on any atom is -0.378 e. The second-order valence-corrected chi connectivity index (χ2v) is 7.40. The predicted octanol–water partition coefficient (Wildman–Crippen LogP) is 3.10. The van der Waals surface area contributed by atoms with E-state index >= 15 is 0 Å². The molecule has 1 fully saturated rings. The van der Waals surface area contributed by atoms with Crippen molar-refractivity contribution in [2.24, 2.45) is 4.99 Å². The summed E-state index contributed by atoms with van der Waals surface area (Å²) in [5, 5.41) is 6.54. The van der Waals surface area contributed by atoms with Gasteiger partial charge in [-0.1, -0.05) is 12.1 Å². The molecule has 2 heterocycles. The van der Waals surface area contributed by atoms with E-state index in [0.717, 1.165) is 80.7 Å². The number of carbonyl (C=O) groups excluding carboxylic acids is 1. The minimum absolute atomic E-state index is 0.182. The largest absolute Gasteiger partial charge is 0.378 e. The lowest BCUT2D eigenvalue weighted by Gasteiger charge is -2.28. The number of benzene rings is 2. The lowest BCUT2D eigenvalue weighted by molar-refractivity contribution is 0.0982. The molecule has 6 heteroatoms. The number of morpholine rings is 1. The van der Waals surface area contributed by atoms with Crippen LogP contribution in [0.3, 0.4) is 0 Å². The van der Waals surface area contributed by atoms with E-state index in [0.29, 0.717) is 6.42 Å². The summed E-state index contributed by atoms with van der Waals surface area (Å²) in [6, 6.07) is 16.2. The van der Waals surface area contributed by atoms with Crippen LogP contribution in [0.25, 0.3) is 0 Å². The number of Topliss-reactive ketones (excluding diaryl/α,β-unsaturated/α-hetero) is 1. The molecule has 2 aromatic rings. The molecule has 0 bridgehead atoms. The summed E-state index contributed by atoms with van der Waals surface area (Å²) < 4.78 is 5.39. The Kier molecular flexibility index (Phi) is 6.42. The minimum atomic E-state index is 0.182. The number of aliphatic imine (C=N–C) groups is 1. The van der Waals surface area contributed by atoms with E-state index in [1.165, 1.54) is 0 Å². The fourth-order valence-electron chi connectivity index (χ4n) is 3.59. The van der Waals surface area contributed by atoms with Crippen LogP contribution in [0.4, 0.5) is 11.4 Å². The first-order valence-corrected chi connectivity index (χ1v) is 10.4. The number of nitrogens with one attached hydrogen (secondary N) is 2. The first-order valence-electron chi connectivity index (χ1n) is 10.4. The average molecular weight is 393 g/mol. The zero-order valence-electron chi connectivity index (χ0n) is 16.7. The normalized spacial score (nSPS) is 16.7. The lowest BCUT2D eigenvalue weighted by Crippen LogP contribution is -2.36. The van der Waals surface area contributed by atoms with Gasteiger partial charge in [-0.05, 0) is 54.8 Å². The number of hydrogen-bond acceptors (Lipinski definition) is 6. The fraction of sp³-hybridized carbons (Fsp3) is 0.391. The Balaban J connectivity index is 1.28. The molecule has 2 aromatic carbocycles. The van der Waals surface area contributed by atoms with Gasteiger partial charge in [0.05, 0.1) is 13.2 Å². The summed E-state index contributed by atoms with van der Waals surface area (Å²) in [6.07, 6.45) is 2.33. The number of nitrogens with zero attached hydrogens (tertiary/aromatic N) is 2. The van der Waals surface area contributed by atoms with Gasteiger partial charge in [0.1, 0.15) is 0 Å². The summed E-state index contributed by atoms with van der Waals surface area (Å²) in [4.78, 5) is 19.3. The molecule has 4 rings (SSSR count). The second-order valence-electron chi connectivity index (χ2n) is 7.40. The Morgan fingerprint density at radius 3 is 2.52 bits per heavy atom. The smallest absolute Gasteiger partial charge is 0.195 e. The van der Waals surface area contributed by atoms with Gasteiger partial charge in [-0.2, -0.15) is 0 Å². The Morgan fingerprint density at radius 1 is 1.07 bits per heavy atom. The van der Waals surface area contributed by atoms with Gasteiger partial charge in [0.15, 0.2) is 11.7 Å². The van der Waals surface area contributed by atoms with Crippen molar-refractivity contribution < 1.29 is 9.53 Å². The van der Waals surface area contributed by atoms with E-state index in [-0.39, 0.29) is 5.78 Å². The van der Waals surface area contributed by atoms with Crippen LogP contribution in [-0.4, -0.2) is 51.1 Å². The maximum atomic E-state index is 12.6. The van der Waals surface area contributed by atoms with Crippen LogP contribution in [0.5, 0.6) is 0 Å². The molecule has 1 saturated heterocycles. The molecule has 2 aliphatic heterocycles. The van der Waals surface area contributed by atoms with Gasteiger partial charge in [-0.15, -0.1) is 0 Å². The third-order valence-electron chi connectivity index (χ3n) is 5.32. The first kappa shape index (κ1) is 19.5. The highest BCUT2D eigenvalue weighted by Gasteiger charge is 2.12. The van der Waals surface area contributed by atoms with Crippen LogP contribution in [0.15, 0.2) is 53.5 Å². The van der Waals surface area contributed by atoms with Gasteiger partial charge >= 0.3 is 0 Å². The van der Waals surface area contributed by atoms with Crippen LogP contribution >= 0.6 is 0 Å². The Morgan fingerprint density at radius 2 is 1.83 bits per heavy atom. The molecule has 0 saturated carbocycles. The molecular formula is C23H28N4O2. The number of ketones is 1. The number of carbonyl (C=O) groups is 1. The predicted molar refractivity (Wildman–Crippen MR) is 117 cm³/mol. The van der Waals surface area contributed by atoms with E-state index in [1.807, 2.05) is 36.4 Å². The Labute approximate surface area is 172 Å². The second kappa shape index (κ2) is 9.56. The van der Waals surface area contributed by atoms with Crippen molar-refractivity contribution in [2.45, 2.75) is 19.3 Å². The van der Waals surface area contributed by atoms with Gasteiger partial charge in [0.2, 0.25) is 0 Å².